The number of ether oxygens (including phenoxy) is 1. The number of nitrogens with zero attached hydrogens (tertiary/aromatic N) is 4. The third-order valence-corrected chi connectivity index (χ3v) is 5.49. The number of anilines is 1. The van der Waals surface area contributed by atoms with Crippen molar-refractivity contribution in [3.63, 3.8) is 0 Å². The third kappa shape index (κ3) is 4.23. The minimum atomic E-state index is -0.517. The van der Waals surface area contributed by atoms with Crippen LogP contribution in [0, 0.1) is 5.95 Å². The van der Waals surface area contributed by atoms with E-state index in [4.69, 9.17) is 9.84 Å². The monoisotopic (exact) mass is 399 g/mol. The molecule has 1 aliphatic carbocycles. The lowest BCUT2D eigenvalue weighted by molar-refractivity contribution is 0.121. The molecule has 29 heavy (non-hydrogen) atoms. The van der Waals surface area contributed by atoms with Crippen LogP contribution in [0.4, 0.5) is 10.3 Å². The Morgan fingerprint density at radius 1 is 1.28 bits per heavy atom. The van der Waals surface area contributed by atoms with E-state index < -0.39 is 5.95 Å². The molecule has 1 aliphatic rings. The van der Waals surface area contributed by atoms with Gasteiger partial charge in [0.05, 0.1) is 24.4 Å². The van der Waals surface area contributed by atoms with E-state index >= 15 is 0 Å². The molecule has 1 saturated carbocycles. The molecule has 3 heterocycles. The molecule has 1 fully saturated rings. The normalized spacial score (nSPS) is 20.7. The summed E-state index contributed by atoms with van der Waals surface area (Å²) in [5.74, 6) is 0.282. The summed E-state index contributed by atoms with van der Waals surface area (Å²) < 4.78 is 20.8. The minimum absolute atomic E-state index is 0.0649. The van der Waals surface area contributed by atoms with Gasteiger partial charge in [-0.1, -0.05) is 0 Å². The topological polar surface area (TPSA) is 84.6 Å². The van der Waals surface area contributed by atoms with Crippen LogP contribution in [0.2, 0.25) is 0 Å². The van der Waals surface area contributed by atoms with Gasteiger partial charge < -0.3 is 15.2 Å². The number of aromatic nitrogens is 4. The lowest BCUT2D eigenvalue weighted by Gasteiger charge is -2.25. The highest BCUT2D eigenvalue weighted by molar-refractivity contribution is 5.81. The van der Waals surface area contributed by atoms with Crippen molar-refractivity contribution in [2.45, 2.75) is 50.7 Å². The number of nitrogens with one attached hydrogen (secondary N) is 1. The van der Waals surface area contributed by atoms with Crippen LogP contribution in [0.1, 0.15) is 44.2 Å². The average Bonchev–Trinajstić information content (AvgIpc) is 3.08. The summed E-state index contributed by atoms with van der Waals surface area (Å²) >= 11 is 0. The van der Waals surface area contributed by atoms with E-state index in [0.717, 1.165) is 48.0 Å². The van der Waals surface area contributed by atoms with E-state index in [0.29, 0.717) is 12.6 Å². The van der Waals surface area contributed by atoms with E-state index in [9.17, 15) is 9.50 Å². The van der Waals surface area contributed by atoms with Crippen molar-refractivity contribution < 1.29 is 14.2 Å². The van der Waals surface area contributed by atoms with Gasteiger partial charge in [0.25, 0.3) is 0 Å². The molecule has 0 saturated heterocycles. The van der Waals surface area contributed by atoms with Crippen molar-refractivity contribution >= 4 is 11.5 Å². The van der Waals surface area contributed by atoms with Crippen LogP contribution in [0.15, 0.2) is 30.6 Å². The third-order valence-electron chi connectivity index (χ3n) is 5.49. The number of hydrogen-bond acceptors (Lipinski definition) is 6. The van der Waals surface area contributed by atoms with Crippen LogP contribution in [0.5, 0.6) is 0 Å². The Labute approximate surface area is 169 Å². The molecular formula is C21H26FN5O2. The number of hydrogen-bond donors (Lipinski definition) is 2. The molecule has 2 N–H and O–H groups in total. The van der Waals surface area contributed by atoms with E-state index in [1.165, 1.54) is 12.3 Å². The first-order valence-corrected chi connectivity index (χ1v) is 9.99. The smallest absolute Gasteiger partial charge is 0.241 e. The van der Waals surface area contributed by atoms with Crippen molar-refractivity contribution in [2.24, 2.45) is 0 Å². The molecule has 0 aromatic carbocycles. The van der Waals surface area contributed by atoms with Crippen molar-refractivity contribution in [1.29, 1.82) is 0 Å². The number of fused-ring (bicyclic) bond motifs is 1. The zero-order chi connectivity index (χ0) is 20.4. The highest BCUT2D eigenvalue weighted by Crippen LogP contribution is 2.37. The Kier molecular flexibility index (Phi) is 5.73. The summed E-state index contributed by atoms with van der Waals surface area (Å²) in [5, 5.41) is 17.9. The second-order valence-corrected chi connectivity index (χ2v) is 7.74. The number of pyridine rings is 1. The van der Waals surface area contributed by atoms with Crippen LogP contribution in [0.3, 0.4) is 0 Å². The fraction of sp³-hybridized carbons (Fsp3) is 0.476. The van der Waals surface area contributed by atoms with Crippen LogP contribution < -0.4 is 5.32 Å². The molecule has 3 aromatic heterocycles. The summed E-state index contributed by atoms with van der Waals surface area (Å²) in [6, 6.07) is 5.36. The highest BCUT2D eigenvalue weighted by Gasteiger charge is 2.25. The molecule has 3 aromatic rings. The number of halogens is 1. The fourth-order valence-electron chi connectivity index (χ4n) is 4.06. The number of aliphatic hydroxyl groups excluding tert-OH is 1. The molecule has 0 radical (unpaired) electrons. The summed E-state index contributed by atoms with van der Waals surface area (Å²) in [7, 11) is 1.66. The van der Waals surface area contributed by atoms with Gasteiger partial charge >= 0.3 is 0 Å². The molecular weight excluding hydrogens is 373 g/mol. The van der Waals surface area contributed by atoms with E-state index in [-0.39, 0.29) is 18.1 Å². The molecule has 0 amide bonds. The maximum Gasteiger partial charge on any atom is 0.241 e. The van der Waals surface area contributed by atoms with Gasteiger partial charge in [-0.05, 0) is 50.3 Å². The second kappa shape index (κ2) is 8.42. The largest absolute Gasteiger partial charge is 0.393 e. The van der Waals surface area contributed by atoms with Crippen molar-refractivity contribution in [2.75, 3.05) is 19.0 Å². The van der Waals surface area contributed by atoms with Gasteiger partial charge in [-0.3, -0.25) is 0 Å². The van der Waals surface area contributed by atoms with Crippen LogP contribution in [-0.2, 0) is 4.74 Å². The summed E-state index contributed by atoms with van der Waals surface area (Å²) in [4.78, 5) is 8.12. The molecule has 7 nitrogen and oxygen atoms in total. The number of methoxy groups -OCH3 is 1. The number of rotatable bonds is 6. The Morgan fingerprint density at radius 3 is 2.79 bits per heavy atom. The lowest BCUT2D eigenvalue weighted by atomic mass is 9.85. The molecule has 4 rings (SSSR count). The van der Waals surface area contributed by atoms with Crippen LogP contribution >= 0.6 is 0 Å². The molecule has 0 spiro atoms. The Balaban J connectivity index is 1.78. The van der Waals surface area contributed by atoms with Gasteiger partial charge in [-0.25, -0.2) is 14.5 Å². The van der Waals surface area contributed by atoms with Crippen molar-refractivity contribution in [3.8, 4) is 11.1 Å². The zero-order valence-corrected chi connectivity index (χ0v) is 16.7. The average molecular weight is 399 g/mol. The highest BCUT2D eigenvalue weighted by atomic mass is 19.1. The first-order valence-electron chi connectivity index (χ1n) is 9.99. The van der Waals surface area contributed by atoms with Gasteiger partial charge in [0.15, 0.2) is 0 Å². The van der Waals surface area contributed by atoms with E-state index in [2.05, 4.69) is 21.4 Å². The van der Waals surface area contributed by atoms with Gasteiger partial charge in [0, 0.05) is 42.6 Å². The molecule has 154 valence electrons. The van der Waals surface area contributed by atoms with Crippen LogP contribution in [0.25, 0.3) is 16.6 Å². The first-order chi connectivity index (χ1) is 14.0. The maximum atomic E-state index is 13.7. The van der Waals surface area contributed by atoms with Crippen LogP contribution in [-0.4, -0.2) is 50.6 Å². The van der Waals surface area contributed by atoms with Gasteiger partial charge in [-0.15, -0.1) is 5.10 Å². The molecule has 0 bridgehead atoms. The predicted octanol–water partition coefficient (Wildman–Crippen LogP) is 3.40. The molecule has 0 aliphatic heterocycles. The van der Waals surface area contributed by atoms with Crippen molar-refractivity contribution in [3.05, 3.63) is 42.2 Å². The van der Waals surface area contributed by atoms with E-state index in [1.54, 1.807) is 19.4 Å². The summed E-state index contributed by atoms with van der Waals surface area (Å²) in [6.45, 7) is 2.54. The first kappa shape index (κ1) is 19.7. The molecule has 0 unspecified atom stereocenters. The van der Waals surface area contributed by atoms with Gasteiger partial charge in [0.1, 0.15) is 0 Å². The zero-order valence-electron chi connectivity index (χ0n) is 16.7. The SMILES string of the molecule is COC[C@H](C)Nc1ncc2c(-c3ccnc(F)c3)cc(C3CCC(O)CC3)n2n1. The van der Waals surface area contributed by atoms with E-state index in [1.807, 2.05) is 11.4 Å². The Morgan fingerprint density at radius 2 is 2.07 bits per heavy atom. The lowest BCUT2D eigenvalue weighted by Crippen LogP contribution is -2.23. The Bertz CT molecular complexity index is 984. The van der Waals surface area contributed by atoms with Crippen molar-refractivity contribution in [1.82, 2.24) is 19.6 Å². The maximum absolute atomic E-state index is 13.7. The minimum Gasteiger partial charge on any atom is -0.393 e. The second-order valence-electron chi connectivity index (χ2n) is 7.74. The number of aliphatic hydroxyl groups is 1. The predicted molar refractivity (Wildman–Crippen MR) is 108 cm³/mol. The molecule has 1 atom stereocenters. The van der Waals surface area contributed by atoms with Gasteiger partial charge in [-0.2, -0.15) is 4.39 Å². The quantitative estimate of drug-likeness (QED) is 0.618. The summed E-state index contributed by atoms with van der Waals surface area (Å²) in [5.41, 5.74) is 3.50. The fourth-order valence-corrected chi connectivity index (χ4v) is 4.06. The molecule has 8 heteroatoms. The van der Waals surface area contributed by atoms with Gasteiger partial charge in [0.2, 0.25) is 11.9 Å². The summed E-state index contributed by atoms with van der Waals surface area (Å²) in [6.07, 6.45) is 6.34. The Hall–Kier alpha value is -2.58. The standard InChI is InChI=1S/C21H26FN5O2/c1-13(12-29-2)25-21-24-11-19-17(15-7-8-23-20(22)9-15)10-18(27(19)26-21)14-3-5-16(28)6-4-14/h7-11,13-14,16,28H,3-6,12H2,1-2H3,(H,25,26)/t13-,14?,16?/m0/s1.